The molecule has 1 aromatic rings. The molecule has 0 saturated carbocycles. The van der Waals surface area contributed by atoms with E-state index < -0.39 is 0 Å². The van der Waals surface area contributed by atoms with Gasteiger partial charge in [0.2, 0.25) is 0 Å². The SMILES string of the molecule is CCCNC(c1c(C)cc(C)cc1C)C1CCCO1. The van der Waals surface area contributed by atoms with Crippen LogP contribution in [0.15, 0.2) is 12.1 Å². The Bertz CT molecular complexity index is 398. The number of hydrogen-bond acceptors (Lipinski definition) is 2. The van der Waals surface area contributed by atoms with E-state index in [-0.39, 0.29) is 0 Å². The van der Waals surface area contributed by atoms with E-state index in [0.717, 1.165) is 19.6 Å². The van der Waals surface area contributed by atoms with Gasteiger partial charge >= 0.3 is 0 Å². The number of benzene rings is 1. The molecule has 1 saturated heterocycles. The molecule has 1 aliphatic rings. The maximum Gasteiger partial charge on any atom is 0.0770 e. The van der Waals surface area contributed by atoms with Gasteiger partial charge in [0.25, 0.3) is 0 Å². The van der Waals surface area contributed by atoms with Crippen molar-refractivity contribution in [3.05, 3.63) is 34.4 Å². The van der Waals surface area contributed by atoms with Crippen molar-refractivity contribution in [1.29, 1.82) is 0 Å². The first-order valence-corrected chi connectivity index (χ1v) is 7.56. The molecule has 0 aromatic heterocycles. The first-order chi connectivity index (χ1) is 9.13. The fourth-order valence-electron chi connectivity index (χ4n) is 3.27. The minimum absolute atomic E-state index is 0.339. The third-order valence-electron chi connectivity index (χ3n) is 4.00. The van der Waals surface area contributed by atoms with Crippen molar-refractivity contribution in [2.45, 2.75) is 59.1 Å². The fraction of sp³-hybridized carbons (Fsp3) is 0.647. The number of nitrogens with one attached hydrogen (secondary N) is 1. The molecule has 2 atom stereocenters. The maximum absolute atomic E-state index is 5.94. The average Bonchev–Trinajstić information content (AvgIpc) is 2.85. The molecule has 0 radical (unpaired) electrons. The van der Waals surface area contributed by atoms with Gasteiger partial charge in [0, 0.05) is 6.61 Å². The molecule has 0 bridgehead atoms. The van der Waals surface area contributed by atoms with Crippen LogP contribution < -0.4 is 5.32 Å². The molecule has 106 valence electrons. The standard InChI is InChI=1S/C17H27NO/c1-5-8-18-17(15-7-6-9-19-15)16-13(3)10-12(2)11-14(16)4/h10-11,15,17-18H,5-9H2,1-4H3. The molecule has 1 fully saturated rings. The van der Waals surface area contributed by atoms with E-state index in [2.05, 4.69) is 45.1 Å². The summed E-state index contributed by atoms with van der Waals surface area (Å²) in [5, 5.41) is 3.70. The lowest BCUT2D eigenvalue weighted by atomic mass is 9.90. The van der Waals surface area contributed by atoms with Gasteiger partial charge in [-0.15, -0.1) is 0 Å². The molecule has 2 nitrogen and oxygen atoms in total. The highest BCUT2D eigenvalue weighted by Gasteiger charge is 2.28. The number of aryl methyl sites for hydroxylation is 3. The predicted octanol–water partition coefficient (Wildman–Crippen LogP) is 3.83. The molecule has 1 aliphatic heterocycles. The molecule has 0 amide bonds. The minimum atomic E-state index is 0.339. The van der Waals surface area contributed by atoms with Crippen LogP contribution in [0.4, 0.5) is 0 Å². The molecule has 0 aliphatic carbocycles. The van der Waals surface area contributed by atoms with Crippen molar-refractivity contribution < 1.29 is 4.74 Å². The molecule has 0 spiro atoms. The van der Waals surface area contributed by atoms with Crippen LogP contribution >= 0.6 is 0 Å². The lowest BCUT2D eigenvalue weighted by Crippen LogP contribution is -2.33. The summed E-state index contributed by atoms with van der Waals surface area (Å²) in [6.07, 6.45) is 3.87. The predicted molar refractivity (Wildman–Crippen MR) is 80.7 cm³/mol. The van der Waals surface area contributed by atoms with Gasteiger partial charge in [-0.1, -0.05) is 24.6 Å². The zero-order chi connectivity index (χ0) is 13.8. The van der Waals surface area contributed by atoms with E-state index in [0.29, 0.717) is 12.1 Å². The summed E-state index contributed by atoms with van der Waals surface area (Å²) in [6.45, 7) is 10.8. The van der Waals surface area contributed by atoms with Gasteiger partial charge in [0.05, 0.1) is 12.1 Å². The van der Waals surface area contributed by atoms with Crippen LogP contribution in [0.1, 0.15) is 54.5 Å². The maximum atomic E-state index is 5.94. The summed E-state index contributed by atoms with van der Waals surface area (Å²) in [4.78, 5) is 0. The second-order valence-electron chi connectivity index (χ2n) is 5.80. The summed E-state index contributed by atoms with van der Waals surface area (Å²) >= 11 is 0. The van der Waals surface area contributed by atoms with Crippen molar-refractivity contribution >= 4 is 0 Å². The van der Waals surface area contributed by atoms with Crippen molar-refractivity contribution in [2.75, 3.05) is 13.2 Å². The Morgan fingerprint density at radius 1 is 1.26 bits per heavy atom. The van der Waals surface area contributed by atoms with Crippen LogP contribution in [0.25, 0.3) is 0 Å². The van der Waals surface area contributed by atoms with Crippen molar-refractivity contribution in [3.8, 4) is 0 Å². The zero-order valence-electron chi connectivity index (χ0n) is 12.8. The minimum Gasteiger partial charge on any atom is -0.376 e. The van der Waals surface area contributed by atoms with Crippen molar-refractivity contribution in [3.63, 3.8) is 0 Å². The van der Waals surface area contributed by atoms with Gasteiger partial charge in [-0.05, 0) is 63.3 Å². The van der Waals surface area contributed by atoms with Crippen molar-refractivity contribution in [2.24, 2.45) is 0 Å². The van der Waals surface area contributed by atoms with Crippen LogP contribution in [0.3, 0.4) is 0 Å². The fourth-order valence-corrected chi connectivity index (χ4v) is 3.27. The van der Waals surface area contributed by atoms with Crippen LogP contribution in [-0.4, -0.2) is 19.3 Å². The Morgan fingerprint density at radius 3 is 2.47 bits per heavy atom. The number of hydrogen-bond donors (Lipinski definition) is 1. The van der Waals surface area contributed by atoms with E-state index in [1.807, 2.05) is 0 Å². The highest BCUT2D eigenvalue weighted by Crippen LogP contribution is 2.31. The highest BCUT2D eigenvalue weighted by molar-refractivity contribution is 5.40. The monoisotopic (exact) mass is 261 g/mol. The van der Waals surface area contributed by atoms with Gasteiger partial charge in [0.15, 0.2) is 0 Å². The molecule has 19 heavy (non-hydrogen) atoms. The summed E-state index contributed by atoms with van der Waals surface area (Å²) in [5.74, 6) is 0. The average molecular weight is 261 g/mol. The first kappa shape index (κ1) is 14.5. The molecule has 2 rings (SSSR count). The first-order valence-electron chi connectivity index (χ1n) is 7.56. The third kappa shape index (κ3) is 3.37. The molecule has 1 N–H and O–H groups in total. The van der Waals surface area contributed by atoms with E-state index in [1.54, 1.807) is 0 Å². The van der Waals surface area contributed by atoms with E-state index >= 15 is 0 Å². The van der Waals surface area contributed by atoms with Crippen LogP contribution in [0.2, 0.25) is 0 Å². The van der Waals surface area contributed by atoms with Gasteiger partial charge in [-0.2, -0.15) is 0 Å². The Balaban J connectivity index is 2.31. The lowest BCUT2D eigenvalue weighted by Gasteiger charge is -2.28. The Hall–Kier alpha value is -0.860. The molecule has 1 heterocycles. The van der Waals surface area contributed by atoms with Gasteiger partial charge < -0.3 is 10.1 Å². The van der Waals surface area contributed by atoms with Crippen molar-refractivity contribution in [1.82, 2.24) is 5.32 Å². The molecular weight excluding hydrogens is 234 g/mol. The molecule has 1 aromatic carbocycles. The highest BCUT2D eigenvalue weighted by atomic mass is 16.5. The topological polar surface area (TPSA) is 21.3 Å². The largest absolute Gasteiger partial charge is 0.376 e. The second kappa shape index (κ2) is 6.53. The van der Waals surface area contributed by atoms with E-state index in [9.17, 15) is 0 Å². The van der Waals surface area contributed by atoms with Gasteiger partial charge in [-0.25, -0.2) is 0 Å². The normalized spacial score (nSPS) is 20.7. The zero-order valence-corrected chi connectivity index (χ0v) is 12.8. The van der Waals surface area contributed by atoms with Crippen LogP contribution in [0.5, 0.6) is 0 Å². The van der Waals surface area contributed by atoms with Crippen LogP contribution in [0, 0.1) is 20.8 Å². The summed E-state index contributed by atoms with van der Waals surface area (Å²) in [5.41, 5.74) is 5.58. The summed E-state index contributed by atoms with van der Waals surface area (Å²) in [6, 6.07) is 4.93. The van der Waals surface area contributed by atoms with Gasteiger partial charge in [0.1, 0.15) is 0 Å². The summed E-state index contributed by atoms with van der Waals surface area (Å²) < 4.78 is 5.94. The Kier molecular flexibility index (Phi) is 5.00. The Labute approximate surface area is 117 Å². The summed E-state index contributed by atoms with van der Waals surface area (Å²) in [7, 11) is 0. The van der Waals surface area contributed by atoms with E-state index in [1.165, 1.54) is 35.1 Å². The van der Waals surface area contributed by atoms with E-state index in [4.69, 9.17) is 4.74 Å². The quantitative estimate of drug-likeness (QED) is 0.869. The molecule has 2 unspecified atom stereocenters. The molecule has 2 heteroatoms. The second-order valence-corrected chi connectivity index (χ2v) is 5.80. The van der Waals surface area contributed by atoms with Gasteiger partial charge in [-0.3, -0.25) is 0 Å². The number of rotatable bonds is 5. The Morgan fingerprint density at radius 2 is 1.95 bits per heavy atom. The smallest absolute Gasteiger partial charge is 0.0770 e. The lowest BCUT2D eigenvalue weighted by molar-refractivity contribution is 0.0779. The van der Waals surface area contributed by atoms with Crippen LogP contribution in [-0.2, 0) is 4.74 Å². The molecular formula is C17H27NO. The number of ether oxygens (including phenoxy) is 1. The third-order valence-corrected chi connectivity index (χ3v) is 4.00.